The summed E-state index contributed by atoms with van der Waals surface area (Å²) in [4.78, 5) is 2.37. The first-order valence-electron chi connectivity index (χ1n) is 9.90. The van der Waals surface area contributed by atoms with Crippen LogP contribution in [0.4, 0.5) is 11.4 Å². The van der Waals surface area contributed by atoms with Gasteiger partial charge >= 0.3 is 0 Å². The summed E-state index contributed by atoms with van der Waals surface area (Å²) in [6, 6.07) is 9.89. The lowest BCUT2D eigenvalue weighted by molar-refractivity contribution is 0.294. The highest BCUT2D eigenvalue weighted by molar-refractivity contribution is 6.33. The monoisotopic (exact) mass is 422 g/mol. The van der Waals surface area contributed by atoms with Crippen molar-refractivity contribution in [3.8, 4) is 11.5 Å². The van der Waals surface area contributed by atoms with Crippen molar-refractivity contribution in [3.63, 3.8) is 0 Å². The number of nitrogens with one attached hydrogen (secondary N) is 1. The second-order valence-corrected chi connectivity index (χ2v) is 7.82. The third-order valence-electron chi connectivity index (χ3n) is 4.92. The summed E-state index contributed by atoms with van der Waals surface area (Å²) in [5.74, 6) is 1.36. The van der Waals surface area contributed by atoms with Crippen molar-refractivity contribution in [1.29, 1.82) is 0 Å². The average molecular weight is 423 g/mol. The molecular formula is C22H28Cl2N2O2. The second-order valence-electron chi connectivity index (χ2n) is 7.01. The zero-order chi connectivity index (χ0) is 19.9. The van der Waals surface area contributed by atoms with Crippen LogP contribution < -0.4 is 19.7 Å². The summed E-state index contributed by atoms with van der Waals surface area (Å²) in [6.45, 7) is 5.42. The molecule has 0 spiro atoms. The van der Waals surface area contributed by atoms with Gasteiger partial charge in [0.25, 0.3) is 0 Å². The maximum absolute atomic E-state index is 6.55. The Morgan fingerprint density at radius 3 is 2.46 bits per heavy atom. The highest BCUT2D eigenvalue weighted by atomic mass is 35.5. The van der Waals surface area contributed by atoms with E-state index >= 15 is 0 Å². The molecular weight excluding hydrogens is 395 g/mol. The zero-order valence-electron chi connectivity index (χ0n) is 16.6. The summed E-state index contributed by atoms with van der Waals surface area (Å²) in [5.41, 5.74) is 3.02. The summed E-state index contributed by atoms with van der Waals surface area (Å²) >= 11 is 13.0. The fourth-order valence-electron chi connectivity index (χ4n) is 3.40. The van der Waals surface area contributed by atoms with Gasteiger partial charge in [0.05, 0.1) is 24.4 Å². The van der Waals surface area contributed by atoms with E-state index < -0.39 is 0 Å². The summed E-state index contributed by atoms with van der Waals surface area (Å²) in [5, 5.41) is 4.83. The molecule has 1 aliphatic rings. The molecule has 2 aromatic carbocycles. The van der Waals surface area contributed by atoms with Gasteiger partial charge in [0.2, 0.25) is 0 Å². The Kier molecular flexibility index (Phi) is 7.57. The first kappa shape index (κ1) is 20.9. The normalized spacial score (nSPS) is 14.1. The van der Waals surface area contributed by atoms with Crippen LogP contribution in [-0.4, -0.2) is 26.8 Å². The Hall–Kier alpha value is -1.78. The molecule has 1 fully saturated rings. The van der Waals surface area contributed by atoms with Gasteiger partial charge in [-0.15, -0.1) is 0 Å². The lowest BCUT2D eigenvalue weighted by Gasteiger charge is -2.29. The topological polar surface area (TPSA) is 33.7 Å². The quantitative estimate of drug-likeness (QED) is 0.533. The fraction of sp³-hybridized carbons (Fsp3) is 0.455. The largest absolute Gasteiger partial charge is 0.493 e. The first-order chi connectivity index (χ1) is 13.6. The predicted octanol–water partition coefficient (Wildman–Crippen LogP) is 6.39. The molecule has 1 heterocycles. The fourth-order valence-corrected chi connectivity index (χ4v) is 3.92. The number of hydrogen-bond donors (Lipinski definition) is 1. The molecule has 0 aliphatic carbocycles. The van der Waals surface area contributed by atoms with E-state index in [1.54, 1.807) is 7.11 Å². The van der Waals surface area contributed by atoms with Crippen molar-refractivity contribution < 1.29 is 9.47 Å². The van der Waals surface area contributed by atoms with Gasteiger partial charge in [-0.3, -0.25) is 0 Å². The summed E-state index contributed by atoms with van der Waals surface area (Å²) < 4.78 is 11.2. The van der Waals surface area contributed by atoms with Gasteiger partial charge in [0.15, 0.2) is 11.5 Å². The Morgan fingerprint density at radius 1 is 1.00 bits per heavy atom. The lowest BCUT2D eigenvalue weighted by Crippen LogP contribution is -2.29. The third kappa shape index (κ3) is 5.18. The maximum Gasteiger partial charge on any atom is 0.162 e. The molecule has 152 valence electrons. The average Bonchev–Trinajstić information content (AvgIpc) is 2.72. The van der Waals surface area contributed by atoms with E-state index in [9.17, 15) is 0 Å². The number of anilines is 2. The van der Waals surface area contributed by atoms with E-state index in [4.69, 9.17) is 32.7 Å². The second kappa shape index (κ2) is 10.1. The van der Waals surface area contributed by atoms with Crippen LogP contribution in [0.1, 0.15) is 38.2 Å². The molecule has 0 unspecified atom stereocenters. The van der Waals surface area contributed by atoms with Crippen molar-refractivity contribution in [3.05, 3.63) is 45.9 Å². The smallest absolute Gasteiger partial charge is 0.162 e. The molecule has 4 nitrogen and oxygen atoms in total. The minimum absolute atomic E-state index is 0.572. The van der Waals surface area contributed by atoms with Crippen LogP contribution in [0.2, 0.25) is 10.0 Å². The minimum atomic E-state index is 0.572. The summed E-state index contributed by atoms with van der Waals surface area (Å²) in [6.07, 6.45) is 4.70. The first-order valence-corrected chi connectivity index (χ1v) is 10.7. The predicted molar refractivity (Wildman–Crippen MR) is 119 cm³/mol. The molecule has 0 bridgehead atoms. The van der Waals surface area contributed by atoms with Gasteiger partial charge in [-0.25, -0.2) is 0 Å². The molecule has 0 aromatic heterocycles. The van der Waals surface area contributed by atoms with Crippen molar-refractivity contribution in [2.45, 2.75) is 39.2 Å². The van der Waals surface area contributed by atoms with Crippen molar-refractivity contribution in [1.82, 2.24) is 0 Å². The van der Waals surface area contributed by atoms with E-state index in [2.05, 4.69) is 29.3 Å². The molecule has 0 radical (unpaired) electrons. The molecule has 2 aromatic rings. The Bertz CT molecular complexity index is 792. The Morgan fingerprint density at radius 2 is 1.79 bits per heavy atom. The highest BCUT2D eigenvalue weighted by Crippen LogP contribution is 2.35. The minimum Gasteiger partial charge on any atom is -0.493 e. The van der Waals surface area contributed by atoms with E-state index in [1.165, 1.54) is 19.3 Å². The highest BCUT2D eigenvalue weighted by Gasteiger charge is 2.15. The summed E-state index contributed by atoms with van der Waals surface area (Å²) in [7, 11) is 1.64. The molecule has 28 heavy (non-hydrogen) atoms. The van der Waals surface area contributed by atoms with Crippen LogP contribution in [0.25, 0.3) is 0 Å². The Labute approximate surface area is 177 Å². The third-order valence-corrected chi connectivity index (χ3v) is 5.58. The number of nitrogens with zero attached hydrogens (tertiary/aromatic N) is 1. The van der Waals surface area contributed by atoms with E-state index in [0.717, 1.165) is 41.5 Å². The molecule has 1 saturated heterocycles. The lowest BCUT2D eigenvalue weighted by atomic mass is 10.1. The van der Waals surface area contributed by atoms with Crippen LogP contribution in [0, 0.1) is 0 Å². The molecule has 0 amide bonds. The van der Waals surface area contributed by atoms with Crippen LogP contribution in [-0.2, 0) is 6.54 Å². The molecule has 3 rings (SSSR count). The van der Waals surface area contributed by atoms with Crippen LogP contribution >= 0.6 is 23.2 Å². The van der Waals surface area contributed by atoms with Crippen molar-refractivity contribution in [2.24, 2.45) is 0 Å². The van der Waals surface area contributed by atoms with Gasteiger partial charge in [-0.05, 0) is 55.5 Å². The van der Waals surface area contributed by atoms with Crippen molar-refractivity contribution >= 4 is 34.6 Å². The number of halogens is 2. The number of ether oxygens (including phenoxy) is 2. The van der Waals surface area contributed by atoms with Gasteiger partial charge in [0, 0.05) is 36.4 Å². The zero-order valence-corrected chi connectivity index (χ0v) is 18.1. The van der Waals surface area contributed by atoms with E-state index in [1.807, 2.05) is 18.2 Å². The number of methoxy groups -OCH3 is 1. The SMILES string of the molecule is CCCOc1cc(Cl)c(CNc2ccc(N3CCCCC3)c(Cl)c2)cc1OC. The number of hydrogen-bond acceptors (Lipinski definition) is 4. The van der Waals surface area contributed by atoms with Crippen LogP contribution in [0.15, 0.2) is 30.3 Å². The van der Waals surface area contributed by atoms with Crippen molar-refractivity contribution in [2.75, 3.05) is 37.0 Å². The molecule has 1 N–H and O–H groups in total. The van der Waals surface area contributed by atoms with E-state index in [-0.39, 0.29) is 0 Å². The van der Waals surface area contributed by atoms with E-state index in [0.29, 0.717) is 29.7 Å². The van der Waals surface area contributed by atoms with Gasteiger partial charge in [0.1, 0.15) is 0 Å². The maximum atomic E-state index is 6.55. The number of benzene rings is 2. The number of rotatable bonds is 8. The Balaban J connectivity index is 1.68. The molecule has 0 saturated carbocycles. The molecule has 0 atom stereocenters. The van der Waals surface area contributed by atoms with Crippen LogP contribution in [0.5, 0.6) is 11.5 Å². The van der Waals surface area contributed by atoms with Crippen LogP contribution in [0.3, 0.4) is 0 Å². The number of piperidine rings is 1. The molecule has 6 heteroatoms. The van der Waals surface area contributed by atoms with Gasteiger partial charge in [-0.1, -0.05) is 30.1 Å². The van der Waals surface area contributed by atoms with Gasteiger partial charge < -0.3 is 19.7 Å². The molecule has 1 aliphatic heterocycles. The standard InChI is InChI=1S/C22H28Cl2N2O2/c1-3-11-28-22-14-18(23)16(12-21(22)27-2)15-25-17-7-8-20(19(24)13-17)26-9-5-4-6-10-26/h7-8,12-14,25H,3-6,9-11,15H2,1-2H3. The van der Waals surface area contributed by atoms with Gasteiger partial charge in [-0.2, -0.15) is 0 Å².